The van der Waals surface area contributed by atoms with E-state index in [9.17, 15) is 0 Å². The molecule has 0 saturated heterocycles. The van der Waals surface area contributed by atoms with E-state index in [1.807, 2.05) is 12.1 Å². The molecular weight excluding hydrogens is 194 g/mol. The van der Waals surface area contributed by atoms with Crippen molar-refractivity contribution in [1.82, 2.24) is 4.98 Å². The van der Waals surface area contributed by atoms with E-state index in [1.165, 1.54) is 0 Å². The molecule has 0 atom stereocenters. The summed E-state index contributed by atoms with van der Waals surface area (Å²) < 4.78 is 0. The van der Waals surface area contributed by atoms with Crippen LogP contribution in [0.25, 0.3) is 11.1 Å². The summed E-state index contributed by atoms with van der Waals surface area (Å²) in [6.45, 7) is 14.1. The number of hydrogen-bond donors (Lipinski definition) is 0. The smallest absolute Gasteiger partial charge is 0.0742 e. The molecule has 0 amide bonds. The van der Waals surface area contributed by atoms with Crippen molar-refractivity contribution in [2.75, 3.05) is 0 Å². The van der Waals surface area contributed by atoms with Crippen molar-refractivity contribution in [3.05, 3.63) is 42.7 Å². The average Bonchev–Trinajstić information content (AvgIpc) is 2.28. The molecule has 82 valence electrons. The number of hydrogen-bond acceptors (Lipinski definition) is 1. The van der Waals surface area contributed by atoms with Crippen LogP contribution < -0.4 is 0 Å². The Kier molecular flexibility index (Phi) is 4.08. The Morgan fingerprint density at radius 3 is 2.62 bits per heavy atom. The van der Waals surface area contributed by atoms with Crippen molar-refractivity contribution in [2.24, 2.45) is 5.92 Å². The maximum Gasteiger partial charge on any atom is 0.0742 e. The van der Waals surface area contributed by atoms with E-state index in [-0.39, 0.29) is 0 Å². The third-order valence-electron chi connectivity index (χ3n) is 2.41. The Bertz CT molecular complexity index is 470. The zero-order valence-electron chi connectivity index (χ0n) is 10.2. The van der Waals surface area contributed by atoms with Gasteiger partial charge in [0.05, 0.1) is 5.69 Å². The highest BCUT2D eigenvalue weighted by Crippen LogP contribution is 2.25. The van der Waals surface area contributed by atoms with Gasteiger partial charge in [-0.25, -0.2) is 0 Å². The molecule has 1 aromatic rings. The summed E-state index contributed by atoms with van der Waals surface area (Å²) in [6.07, 6.45) is 1.78. The molecule has 0 aliphatic rings. The highest BCUT2D eigenvalue weighted by atomic mass is 14.7. The van der Waals surface area contributed by atoms with E-state index in [0.717, 1.165) is 22.4 Å². The predicted octanol–water partition coefficient (Wildman–Crippen LogP) is 3.79. The van der Waals surface area contributed by atoms with Crippen LogP contribution >= 0.6 is 0 Å². The van der Waals surface area contributed by atoms with Crippen molar-refractivity contribution in [3.8, 4) is 11.8 Å². The minimum Gasteiger partial charge on any atom is -0.256 e. The quantitative estimate of drug-likeness (QED) is 0.693. The lowest BCUT2D eigenvalue weighted by Crippen LogP contribution is -1.99. The van der Waals surface area contributed by atoms with Gasteiger partial charge in [0.25, 0.3) is 0 Å². The SMILES string of the molecule is C=C(C#CC)c1cccnc1C(=C)C(C)C. The van der Waals surface area contributed by atoms with Crippen molar-refractivity contribution < 1.29 is 0 Å². The van der Waals surface area contributed by atoms with Gasteiger partial charge in [0.2, 0.25) is 0 Å². The summed E-state index contributed by atoms with van der Waals surface area (Å²) >= 11 is 0. The van der Waals surface area contributed by atoms with E-state index in [1.54, 1.807) is 13.1 Å². The fourth-order valence-electron chi connectivity index (χ4n) is 1.40. The Morgan fingerprint density at radius 2 is 2.06 bits per heavy atom. The van der Waals surface area contributed by atoms with Gasteiger partial charge in [-0.1, -0.05) is 39.0 Å². The predicted molar refractivity (Wildman–Crippen MR) is 70.6 cm³/mol. The van der Waals surface area contributed by atoms with Crippen molar-refractivity contribution in [3.63, 3.8) is 0 Å². The summed E-state index contributed by atoms with van der Waals surface area (Å²) in [4.78, 5) is 4.38. The monoisotopic (exact) mass is 211 g/mol. The van der Waals surface area contributed by atoms with Crippen LogP contribution in [-0.2, 0) is 0 Å². The molecule has 0 N–H and O–H groups in total. The van der Waals surface area contributed by atoms with Gasteiger partial charge in [-0.2, -0.15) is 0 Å². The van der Waals surface area contributed by atoms with E-state index in [0.29, 0.717) is 5.92 Å². The summed E-state index contributed by atoms with van der Waals surface area (Å²) in [5.74, 6) is 6.20. The summed E-state index contributed by atoms with van der Waals surface area (Å²) in [5, 5.41) is 0. The fourth-order valence-corrected chi connectivity index (χ4v) is 1.40. The summed E-state index contributed by atoms with van der Waals surface area (Å²) in [7, 11) is 0. The molecule has 0 aliphatic heterocycles. The van der Waals surface area contributed by atoms with E-state index in [4.69, 9.17) is 0 Å². The Labute approximate surface area is 97.9 Å². The normalized spacial score (nSPS) is 9.50. The Balaban J connectivity index is 3.23. The van der Waals surface area contributed by atoms with Gasteiger partial charge in [-0.3, -0.25) is 4.98 Å². The second kappa shape index (κ2) is 5.32. The van der Waals surface area contributed by atoms with Crippen LogP contribution in [0.2, 0.25) is 0 Å². The van der Waals surface area contributed by atoms with Gasteiger partial charge in [0.1, 0.15) is 0 Å². The number of nitrogens with zero attached hydrogens (tertiary/aromatic N) is 1. The number of allylic oxidation sites excluding steroid dienone is 2. The molecule has 0 radical (unpaired) electrons. The Morgan fingerprint density at radius 1 is 1.38 bits per heavy atom. The van der Waals surface area contributed by atoms with E-state index in [2.05, 4.69) is 43.8 Å². The third kappa shape index (κ3) is 2.61. The lowest BCUT2D eigenvalue weighted by Gasteiger charge is -2.12. The van der Waals surface area contributed by atoms with Crippen LogP contribution in [0.5, 0.6) is 0 Å². The minimum atomic E-state index is 0.371. The maximum absolute atomic E-state index is 4.38. The van der Waals surface area contributed by atoms with Crippen LogP contribution in [0.4, 0.5) is 0 Å². The zero-order valence-corrected chi connectivity index (χ0v) is 10.2. The molecule has 0 aliphatic carbocycles. The highest BCUT2D eigenvalue weighted by molar-refractivity contribution is 5.83. The largest absolute Gasteiger partial charge is 0.256 e. The second-order valence-corrected chi connectivity index (χ2v) is 3.93. The highest BCUT2D eigenvalue weighted by Gasteiger charge is 2.11. The maximum atomic E-state index is 4.38. The van der Waals surface area contributed by atoms with Crippen molar-refractivity contribution in [1.29, 1.82) is 0 Å². The lowest BCUT2D eigenvalue weighted by molar-refractivity contribution is 0.850. The van der Waals surface area contributed by atoms with Gasteiger partial charge >= 0.3 is 0 Å². The Hall–Kier alpha value is -1.81. The first kappa shape index (κ1) is 12.3. The number of rotatable bonds is 3. The molecule has 0 aromatic carbocycles. The first-order valence-electron chi connectivity index (χ1n) is 5.34. The molecule has 0 saturated carbocycles. The summed E-state index contributed by atoms with van der Waals surface area (Å²) in [5.41, 5.74) is 3.71. The minimum absolute atomic E-state index is 0.371. The van der Waals surface area contributed by atoms with Gasteiger partial charge in [-0.05, 0) is 24.5 Å². The molecular formula is C15H17N. The zero-order chi connectivity index (χ0) is 12.1. The fraction of sp³-hybridized carbons (Fsp3) is 0.267. The van der Waals surface area contributed by atoms with Crippen molar-refractivity contribution in [2.45, 2.75) is 20.8 Å². The van der Waals surface area contributed by atoms with Gasteiger partial charge in [0, 0.05) is 17.3 Å². The lowest BCUT2D eigenvalue weighted by atomic mass is 9.95. The summed E-state index contributed by atoms with van der Waals surface area (Å²) in [6, 6.07) is 3.89. The number of aromatic nitrogens is 1. The first-order chi connectivity index (χ1) is 7.57. The van der Waals surface area contributed by atoms with Gasteiger partial charge in [0.15, 0.2) is 0 Å². The molecule has 1 nitrogen and oxygen atoms in total. The van der Waals surface area contributed by atoms with Crippen LogP contribution in [0.1, 0.15) is 32.0 Å². The van der Waals surface area contributed by atoms with Crippen LogP contribution in [0, 0.1) is 17.8 Å². The molecule has 1 rings (SSSR count). The molecule has 1 heterocycles. The molecule has 0 fully saturated rings. The van der Waals surface area contributed by atoms with E-state index < -0.39 is 0 Å². The molecule has 16 heavy (non-hydrogen) atoms. The van der Waals surface area contributed by atoms with Crippen molar-refractivity contribution >= 4 is 11.1 Å². The van der Waals surface area contributed by atoms with Crippen LogP contribution in [-0.4, -0.2) is 4.98 Å². The average molecular weight is 211 g/mol. The van der Waals surface area contributed by atoms with Gasteiger partial charge in [-0.15, -0.1) is 5.92 Å². The molecule has 0 bridgehead atoms. The standard InChI is InChI=1S/C15H17N/c1-6-8-12(4)14-9-7-10-16-15(14)13(5)11(2)3/h7,9-11H,4-5H2,1-3H3. The van der Waals surface area contributed by atoms with E-state index >= 15 is 0 Å². The van der Waals surface area contributed by atoms with Crippen LogP contribution in [0.3, 0.4) is 0 Å². The first-order valence-corrected chi connectivity index (χ1v) is 5.34. The topological polar surface area (TPSA) is 12.9 Å². The molecule has 1 aromatic heterocycles. The molecule has 1 heteroatoms. The number of pyridine rings is 1. The third-order valence-corrected chi connectivity index (χ3v) is 2.41. The molecule has 0 spiro atoms. The second-order valence-electron chi connectivity index (χ2n) is 3.93. The van der Waals surface area contributed by atoms with Crippen LogP contribution in [0.15, 0.2) is 31.5 Å². The van der Waals surface area contributed by atoms with Gasteiger partial charge < -0.3 is 0 Å². The molecule has 0 unspecified atom stereocenters.